The Morgan fingerprint density at radius 3 is 2.60 bits per heavy atom. The van der Waals surface area contributed by atoms with E-state index in [1.54, 1.807) is 7.11 Å². The van der Waals surface area contributed by atoms with E-state index in [4.69, 9.17) is 13.9 Å². The van der Waals surface area contributed by atoms with E-state index in [2.05, 4.69) is 5.32 Å². The zero-order chi connectivity index (χ0) is 14.4. The molecule has 2 rings (SSSR count). The van der Waals surface area contributed by atoms with Crippen LogP contribution in [0.3, 0.4) is 0 Å². The number of hydrogen-bond acceptors (Lipinski definition) is 4. The van der Waals surface area contributed by atoms with Crippen molar-refractivity contribution in [3.05, 3.63) is 47.4 Å². The maximum atomic E-state index is 5.51. The highest BCUT2D eigenvalue weighted by Gasteiger charge is 2.05. The molecular weight excluding hydrogens is 254 g/mol. The topological polar surface area (TPSA) is 43.6 Å². The molecule has 1 N–H and O–H groups in total. The molecule has 20 heavy (non-hydrogen) atoms. The van der Waals surface area contributed by atoms with E-state index in [0.717, 1.165) is 35.1 Å². The van der Waals surface area contributed by atoms with Gasteiger partial charge in [0.05, 0.1) is 20.3 Å². The molecule has 1 heterocycles. The van der Waals surface area contributed by atoms with E-state index < -0.39 is 0 Å². The molecule has 0 bridgehead atoms. The Labute approximate surface area is 119 Å². The molecular formula is C16H21NO3. The van der Waals surface area contributed by atoms with Crippen LogP contribution in [0.4, 0.5) is 0 Å². The molecule has 0 saturated heterocycles. The predicted molar refractivity (Wildman–Crippen MR) is 78.2 cm³/mol. The molecule has 0 amide bonds. The van der Waals surface area contributed by atoms with Crippen LogP contribution in [-0.4, -0.2) is 13.7 Å². The number of methoxy groups -OCH3 is 1. The molecule has 0 fully saturated rings. The molecule has 1 aromatic carbocycles. The van der Waals surface area contributed by atoms with E-state index in [1.807, 2.05) is 44.2 Å². The molecule has 2 aromatic rings. The lowest BCUT2D eigenvalue weighted by Gasteiger charge is -2.11. The number of rotatable bonds is 7. The Bertz CT molecular complexity index is 548. The Hall–Kier alpha value is -1.94. The van der Waals surface area contributed by atoms with Crippen molar-refractivity contribution in [1.29, 1.82) is 0 Å². The highest BCUT2D eigenvalue weighted by atomic mass is 16.5. The van der Waals surface area contributed by atoms with Gasteiger partial charge < -0.3 is 19.2 Å². The highest BCUT2D eigenvalue weighted by molar-refractivity contribution is 5.42. The summed E-state index contributed by atoms with van der Waals surface area (Å²) in [5.74, 6) is 3.42. The van der Waals surface area contributed by atoms with Crippen LogP contribution in [0.2, 0.25) is 0 Å². The molecule has 0 aliphatic rings. The molecule has 0 unspecified atom stereocenters. The first-order valence-electron chi connectivity index (χ1n) is 6.78. The van der Waals surface area contributed by atoms with Crippen molar-refractivity contribution in [2.24, 2.45) is 0 Å². The van der Waals surface area contributed by atoms with Gasteiger partial charge in [-0.2, -0.15) is 0 Å². The maximum Gasteiger partial charge on any atom is 0.161 e. The minimum atomic E-state index is 0.631. The SMILES string of the molecule is CCOc1ccc(CNCc2ccc(C)o2)cc1OC. The molecule has 0 saturated carbocycles. The minimum absolute atomic E-state index is 0.631. The quantitative estimate of drug-likeness (QED) is 0.842. The van der Waals surface area contributed by atoms with Crippen molar-refractivity contribution in [3.63, 3.8) is 0 Å². The second-order valence-electron chi connectivity index (χ2n) is 4.53. The van der Waals surface area contributed by atoms with E-state index >= 15 is 0 Å². The van der Waals surface area contributed by atoms with Gasteiger partial charge >= 0.3 is 0 Å². The van der Waals surface area contributed by atoms with Crippen molar-refractivity contribution >= 4 is 0 Å². The average Bonchev–Trinajstić information content (AvgIpc) is 2.86. The van der Waals surface area contributed by atoms with Crippen LogP contribution in [0.25, 0.3) is 0 Å². The standard InChI is InChI=1S/C16H21NO3/c1-4-19-15-8-6-13(9-16(15)18-3)10-17-11-14-7-5-12(2)20-14/h5-9,17H,4,10-11H2,1-3H3. The fraction of sp³-hybridized carbons (Fsp3) is 0.375. The monoisotopic (exact) mass is 275 g/mol. The fourth-order valence-corrected chi connectivity index (χ4v) is 2.01. The van der Waals surface area contributed by atoms with Gasteiger partial charge in [-0.1, -0.05) is 6.07 Å². The van der Waals surface area contributed by atoms with Gasteiger partial charge in [-0.25, -0.2) is 0 Å². The molecule has 108 valence electrons. The molecule has 1 aromatic heterocycles. The summed E-state index contributed by atoms with van der Waals surface area (Å²) in [7, 11) is 1.65. The van der Waals surface area contributed by atoms with Crippen molar-refractivity contribution < 1.29 is 13.9 Å². The van der Waals surface area contributed by atoms with Gasteiger partial charge in [0.1, 0.15) is 11.5 Å². The molecule has 0 aliphatic heterocycles. The van der Waals surface area contributed by atoms with Crippen LogP contribution in [-0.2, 0) is 13.1 Å². The number of benzene rings is 1. The molecule has 0 atom stereocenters. The van der Waals surface area contributed by atoms with Crippen LogP contribution in [0.5, 0.6) is 11.5 Å². The van der Waals surface area contributed by atoms with Gasteiger partial charge in [0.25, 0.3) is 0 Å². The van der Waals surface area contributed by atoms with Crippen molar-refractivity contribution in [3.8, 4) is 11.5 Å². The van der Waals surface area contributed by atoms with Crippen LogP contribution < -0.4 is 14.8 Å². The van der Waals surface area contributed by atoms with E-state index in [-0.39, 0.29) is 0 Å². The first-order chi connectivity index (χ1) is 9.72. The number of aryl methyl sites for hydroxylation is 1. The summed E-state index contributed by atoms with van der Waals surface area (Å²) in [5, 5.41) is 3.34. The van der Waals surface area contributed by atoms with Crippen LogP contribution in [0, 0.1) is 6.92 Å². The van der Waals surface area contributed by atoms with Crippen LogP contribution in [0.1, 0.15) is 24.0 Å². The van der Waals surface area contributed by atoms with Crippen LogP contribution in [0.15, 0.2) is 34.7 Å². The lowest BCUT2D eigenvalue weighted by Crippen LogP contribution is -2.12. The lowest BCUT2D eigenvalue weighted by molar-refractivity contribution is 0.310. The van der Waals surface area contributed by atoms with E-state index in [0.29, 0.717) is 13.2 Å². The Morgan fingerprint density at radius 2 is 1.95 bits per heavy atom. The molecule has 0 spiro atoms. The summed E-state index contributed by atoms with van der Waals surface area (Å²) in [6, 6.07) is 9.92. The van der Waals surface area contributed by atoms with Gasteiger partial charge in [-0.05, 0) is 43.7 Å². The molecule has 0 aliphatic carbocycles. The zero-order valence-electron chi connectivity index (χ0n) is 12.2. The van der Waals surface area contributed by atoms with Gasteiger partial charge in [0.2, 0.25) is 0 Å². The second-order valence-corrected chi connectivity index (χ2v) is 4.53. The Kier molecular flexibility index (Phi) is 5.07. The summed E-state index contributed by atoms with van der Waals surface area (Å²) >= 11 is 0. The third-order valence-corrected chi connectivity index (χ3v) is 2.95. The van der Waals surface area contributed by atoms with Crippen molar-refractivity contribution in [1.82, 2.24) is 5.32 Å². The number of ether oxygens (including phenoxy) is 2. The largest absolute Gasteiger partial charge is 0.493 e. The predicted octanol–water partition coefficient (Wildman–Crippen LogP) is 3.29. The van der Waals surface area contributed by atoms with E-state index in [1.165, 1.54) is 0 Å². The van der Waals surface area contributed by atoms with Gasteiger partial charge in [-0.3, -0.25) is 0 Å². The first kappa shape index (κ1) is 14.5. The van der Waals surface area contributed by atoms with Crippen molar-refractivity contribution in [2.45, 2.75) is 26.9 Å². The lowest BCUT2D eigenvalue weighted by atomic mass is 10.2. The summed E-state index contributed by atoms with van der Waals surface area (Å²) in [6.45, 7) is 6.00. The zero-order valence-corrected chi connectivity index (χ0v) is 12.2. The Balaban J connectivity index is 1.92. The number of nitrogens with one attached hydrogen (secondary N) is 1. The highest BCUT2D eigenvalue weighted by Crippen LogP contribution is 2.27. The second kappa shape index (κ2) is 7.01. The van der Waals surface area contributed by atoms with Crippen LogP contribution >= 0.6 is 0 Å². The summed E-state index contributed by atoms with van der Waals surface area (Å²) in [4.78, 5) is 0. The average molecular weight is 275 g/mol. The normalized spacial score (nSPS) is 10.6. The first-order valence-corrected chi connectivity index (χ1v) is 6.78. The minimum Gasteiger partial charge on any atom is -0.493 e. The van der Waals surface area contributed by atoms with E-state index in [9.17, 15) is 0 Å². The summed E-state index contributed by atoms with van der Waals surface area (Å²) in [5.41, 5.74) is 1.15. The molecule has 4 heteroatoms. The number of furan rings is 1. The fourth-order valence-electron chi connectivity index (χ4n) is 2.01. The van der Waals surface area contributed by atoms with Gasteiger partial charge in [0.15, 0.2) is 11.5 Å². The van der Waals surface area contributed by atoms with Gasteiger partial charge in [0, 0.05) is 6.54 Å². The van der Waals surface area contributed by atoms with Gasteiger partial charge in [-0.15, -0.1) is 0 Å². The number of hydrogen-bond donors (Lipinski definition) is 1. The smallest absolute Gasteiger partial charge is 0.161 e. The summed E-state index contributed by atoms with van der Waals surface area (Å²) < 4.78 is 16.3. The maximum absolute atomic E-state index is 5.51. The third-order valence-electron chi connectivity index (χ3n) is 2.95. The van der Waals surface area contributed by atoms with Crippen molar-refractivity contribution in [2.75, 3.05) is 13.7 Å². The third kappa shape index (κ3) is 3.78. The summed E-state index contributed by atoms with van der Waals surface area (Å²) in [6.07, 6.45) is 0. The molecule has 0 radical (unpaired) electrons. The Morgan fingerprint density at radius 1 is 1.10 bits per heavy atom. The molecule has 4 nitrogen and oxygen atoms in total.